The van der Waals surface area contributed by atoms with Crippen LogP contribution in [-0.2, 0) is 0 Å². The molecule has 0 aromatic rings. The third-order valence-corrected chi connectivity index (χ3v) is 4.40. The smallest absolute Gasteiger partial charge is 0.0172 e. The van der Waals surface area contributed by atoms with Gasteiger partial charge in [-0.05, 0) is 44.5 Å². The van der Waals surface area contributed by atoms with E-state index in [0.717, 1.165) is 11.3 Å². The largest absolute Gasteiger partial charge is 0.317 e. The van der Waals surface area contributed by atoms with Gasteiger partial charge in [0.25, 0.3) is 0 Å². The molecule has 0 bridgehead atoms. The second-order valence-electron chi connectivity index (χ2n) is 4.07. The molecule has 1 unspecified atom stereocenters. The van der Waals surface area contributed by atoms with Crippen LogP contribution in [0.3, 0.4) is 0 Å². The van der Waals surface area contributed by atoms with E-state index in [1.807, 2.05) is 0 Å². The third kappa shape index (κ3) is 3.15. The first-order chi connectivity index (χ1) is 6.45. The summed E-state index contributed by atoms with van der Waals surface area (Å²) in [4.78, 5) is 0. The highest BCUT2D eigenvalue weighted by molar-refractivity contribution is 8.00. The van der Waals surface area contributed by atoms with Gasteiger partial charge >= 0.3 is 0 Å². The van der Waals surface area contributed by atoms with Crippen LogP contribution in [0.4, 0.5) is 0 Å². The van der Waals surface area contributed by atoms with Gasteiger partial charge in [0.05, 0.1) is 0 Å². The molecule has 0 amide bonds. The summed E-state index contributed by atoms with van der Waals surface area (Å²) in [6.45, 7) is 3.65. The summed E-state index contributed by atoms with van der Waals surface area (Å²) < 4.78 is 0. The third-order valence-electron chi connectivity index (χ3n) is 3.00. The maximum absolute atomic E-state index is 3.70. The first-order valence-electron chi connectivity index (χ1n) is 5.51. The Morgan fingerprint density at radius 2 is 2.08 bits per heavy atom. The lowest BCUT2D eigenvalue weighted by molar-refractivity contribution is 0.387. The molecule has 2 rings (SSSR count). The average Bonchev–Trinajstić information content (AvgIpc) is 2.69. The van der Waals surface area contributed by atoms with Gasteiger partial charge in [-0.25, -0.2) is 0 Å². The minimum absolute atomic E-state index is 0.794. The minimum Gasteiger partial charge on any atom is -0.317 e. The molecule has 2 aliphatic rings. The number of hydrogen-bond acceptors (Lipinski definition) is 3. The van der Waals surface area contributed by atoms with Crippen molar-refractivity contribution < 1.29 is 0 Å². The van der Waals surface area contributed by atoms with Crippen molar-refractivity contribution in [3.8, 4) is 0 Å². The molecular weight excluding hydrogens is 180 g/mol. The van der Waals surface area contributed by atoms with Crippen molar-refractivity contribution in [3.63, 3.8) is 0 Å². The van der Waals surface area contributed by atoms with Crippen LogP contribution in [0.25, 0.3) is 0 Å². The van der Waals surface area contributed by atoms with Crippen LogP contribution in [-0.4, -0.2) is 36.7 Å². The minimum atomic E-state index is 0.794. The summed E-state index contributed by atoms with van der Waals surface area (Å²) in [5, 5.41) is 8.01. The lowest BCUT2D eigenvalue weighted by Gasteiger charge is -2.25. The van der Waals surface area contributed by atoms with Crippen LogP contribution in [0.2, 0.25) is 0 Å². The van der Waals surface area contributed by atoms with Gasteiger partial charge in [-0.3, -0.25) is 0 Å². The fourth-order valence-corrected chi connectivity index (χ4v) is 3.34. The highest BCUT2D eigenvalue weighted by Crippen LogP contribution is 2.25. The van der Waals surface area contributed by atoms with E-state index >= 15 is 0 Å². The predicted molar refractivity (Wildman–Crippen MR) is 59.4 cm³/mol. The van der Waals surface area contributed by atoms with E-state index in [2.05, 4.69) is 22.4 Å². The number of rotatable bonds is 3. The lowest BCUT2D eigenvalue weighted by atomic mass is 10.1. The van der Waals surface area contributed by atoms with Gasteiger partial charge in [-0.2, -0.15) is 11.8 Å². The molecule has 2 saturated heterocycles. The molecule has 2 heterocycles. The van der Waals surface area contributed by atoms with E-state index in [-0.39, 0.29) is 0 Å². The van der Waals surface area contributed by atoms with Crippen molar-refractivity contribution in [2.24, 2.45) is 0 Å². The van der Waals surface area contributed by atoms with Gasteiger partial charge in [0.1, 0.15) is 0 Å². The SMILES string of the molecule is C1CSC(CNC2CCNCC2)C1. The molecule has 13 heavy (non-hydrogen) atoms. The quantitative estimate of drug-likeness (QED) is 0.716. The molecule has 2 fully saturated rings. The van der Waals surface area contributed by atoms with Crippen LogP contribution in [0, 0.1) is 0 Å². The number of nitrogens with one attached hydrogen (secondary N) is 2. The standard InChI is InChI=1S/C10H20N2S/c1-2-10(13-7-1)8-12-9-3-5-11-6-4-9/h9-12H,1-8H2. The number of hydrogen-bond donors (Lipinski definition) is 2. The van der Waals surface area contributed by atoms with E-state index in [0.29, 0.717) is 0 Å². The lowest BCUT2D eigenvalue weighted by Crippen LogP contribution is -2.41. The van der Waals surface area contributed by atoms with Crippen LogP contribution >= 0.6 is 11.8 Å². The number of piperidine rings is 1. The zero-order valence-electron chi connectivity index (χ0n) is 8.22. The molecule has 2 nitrogen and oxygen atoms in total. The molecule has 76 valence electrons. The van der Waals surface area contributed by atoms with E-state index in [4.69, 9.17) is 0 Å². The summed E-state index contributed by atoms with van der Waals surface area (Å²) in [5.41, 5.74) is 0. The Bertz CT molecular complexity index is 140. The maximum Gasteiger partial charge on any atom is 0.0172 e. The topological polar surface area (TPSA) is 24.1 Å². The van der Waals surface area contributed by atoms with Gasteiger partial charge < -0.3 is 10.6 Å². The molecule has 0 aliphatic carbocycles. The fraction of sp³-hybridized carbons (Fsp3) is 1.00. The molecule has 0 aromatic carbocycles. The molecule has 1 atom stereocenters. The predicted octanol–water partition coefficient (Wildman–Crippen LogP) is 1.22. The van der Waals surface area contributed by atoms with Crippen LogP contribution in [0.15, 0.2) is 0 Å². The van der Waals surface area contributed by atoms with Crippen LogP contribution < -0.4 is 10.6 Å². The Hall–Kier alpha value is 0.270. The summed E-state index contributed by atoms with van der Waals surface area (Å²) in [6.07, 6.45) is 5.50. The summed E-state index contributed by atoms with van der Waals surface area (Å²) in [6, 6.07) is 0.794. The zero-order chi connectivity index (χ0) is 8.93. The van der Waals surface area contributed by atoms with Crippen molar-refractivity contribution >= 4 is 11.8 Å². The molecule has 2 N–H and O–H groups in total. The van der Waals surface area contributed by atoms with Gasteiger partial charge in [0, 0.05) is 17.8 Å². The van der Waals surface area contributed by atoms with Crippen molar-refractivity contribution in [2.45, 2.75) is 37.0 Å². The number of thioether (sulfide) groups is 1. The van der Waals surface area contributed by atoms with Crippen LogP contribution in [0.5, 0.6) is 0 Å². The first-order valence-corrected chi connectivity index (χ1v) is 6.56. The second kappa shape index (κ2) is 5.23. The monoisotopic (exact) mass is 200 g/mol. The molecule has 0 radical (unpaired) electrons. The Morgan fingerprint density at radius 3 is 2.77 bits per heavy atom. The summed E-state index contributed by atoms with van der Waals surface area (Å²) in [7, 11) is 0. The van der Waals surface area contributed by atoms with Crippen molar-refractivity contribution in [1.82, 2.24) is 10.6 Å². The van der Waals surface area contributed by atoms with E-state index in [1.165, 1.54) is 51.1 Å². The second-order valence-corrected chi connectivity index (χ2v) is 5.48. The highest BCUT2D eigenvalue weighted by atomic mass is 32.2. The Morgan fingerprint density at radius 1 is 1.23 bits per heavy atom. The van der Waals surface area contributed by atoms with Crippen molar-refractivity contribution in [3.05, 3.63) is 0 Å². The molecule has 0 spiro atoms. The van der Waals surface area contributed by atoms with E-state index < -0.39 is 0 Å². The molecule has 3 heteroatoms. The van der Waals surface area contributed by atoms with Crippen molar-refractivity contribution in [1.29, 1.82) is 0 Å². The van der Waals surface area contributed by atoms with Gasteiger partial charge in [-0.15, -0.1) is 0 Å². The summed E-state index contributed by atoms with van der Waals surface area (Å²) in [5.74, 6) is 1.39. The van der Waals surface area contributed by atoms with Gasteiger partial charge in [0.2, 0.25) is 0 Å². The van der Waals surface area contributed by atoms with Crippen LogP contribution in [0.1, 0.15) is 25.7 Å². The average molecular weight is 200 g/mol. The van der Waals surface area contributed by atoms with Crippen molar-refractivity contribution in [2.75, 3.05) is 25.4 Å². The van der Waals surface area contributed by atoms with E-state index in [9.17, 15) is 0 Å². The Labute approximate surface area is 85.2 Å². The van der Waals surface area contributed by atoms with E-state index in [1.54, 1.807) is 0 Å². The highest BCUT2D eigenvalue weighted by Gasteiger charge is 2.18. The molecule has 2 aliphatic heterocycles. The maximum atomic E-state index is 3.70. The van der Waals surface area contributed by atoms with Gasteiger partial charge in [0.15, 0.2) is 0 Å². The Kier molecular flexibility index (Phi) is 3.94. The zero-order valence-corrected chi connectivity index (χ0v) is 9.04. The molecular formula is C10H20N2S. The molecule has 0 saturated carbocycles. The normalized spacial score (nSPS) is 30.9. The fourth-order valence-electron chi connectivity index (χ4n) is 2.13. The Balaban J connectivity index is 1.60. The van der Waals surface area contributed by atoms with Gasteiger partial charge in [-0.1, -0.05) is 0 Å². The molecule has 0 aromatic heterocycles. The first kappa shape index (κ1) is 9.81. The summed E-state index contributed by atoms with van der Waals surface area (Å²) >= 11 is 2.15.